The number of aromatic amines is 1. The van der Waals surface area contributed by atoms with E-state index in [0.717, 1.165) is 22.7 Å². The first-order chi connectivity index (χ1) is 7.22. The third kappa shape index (κ3) is 1.66. The quantitative estimate of drug-likeness (QED) is 0.733. The monoisotopic (exact) mass is 203 g/mol. The molecule has 78 valence electrons. The highest BCUT2D eigenvalue weighted by Gasteiger charge is 2.10. The Kier molecular flexibility index (Phi) is 2.33. The van der Waals surface area contributed by atoms with E-state index in [4.69, 9.17) is 10.5 Å². The van der Waals surface area contributed by atoms with Crippen molar-refractivity contribution in [3.05, 3.63) is 30.0 Å². The smallest absolute Gasteiger partial charge is 0.130 e. The standard InChI is InChI=1S/C11H13N3O/c1-7-6-9(14-13-7)11-8(12)4-3-5-10(11)15-2/h3-6H,12H2,1-2H3,(H,13,14). The Balaban J connectivity index is 2.60. The topological polar surface area (TPSA) is 63.9 Å². The van der Waals surface area contributed by atoms with Crippen LogP contribution in [0, 0.1) is 6.92 Å². The number of nitrogens with zero attached hydrogens (tertiary/aromatic N) is 1. The minimum absolute atomic E-state index is 0.679. The van der Waals surface area contributed by atoms with Gasteiger partial charge in [-0.25, -0.2) is 0 Å². The average molecular weight is 203 g/mol. The second-order valence-electron chi connectivity index (χ2n) is 3.35. The number of aryl methyl sites for hydroxylation is 1. The fourth-order valence-corrected chi connectivity index (χ4v) is 1.56. The third-order valence-electron chi connectivity index (χ3n) is 2.25. The van der Waals surface area contributed by atoms with E-state index in [0.29, 0.717) is 5.69 Å². The molecule has 0 unspecified atom stereocenters. The second kappa shape index (κ2) is 3.65. The molecule has 0 aliphatic rings. The minimum Gasteiger partial charge on any atom is -0.496 e. The normalized spacial score (nSPS) is 10.3. The van der Waals surface area contributed by atoms with Gasteiger partial charge in [-0.15, -0.1) is 0 Å². The molecule has 2 rings (SSSR count). The van der Waals surface area contributed by atoms with Gasteiger partial charge in [0.05, 0.1) is 24.1 Å². The number of nitrogens with two attached hydrogens (primary N) is 1. The van der Waals surface area contributed by atoms with E-state index in [1.807, 2.05) is 31.2 Å². The van der Waals surface area contributed by atoms with Crippen LogP contribution in [0.4, 0.5) is 5.69 Å². The molecule has 2 aromatic rings. The van der Waals surface area contributed by atoms with E-state index in [-0.39, 0.29) is 0 Å². The Morgan fingerprint density at radius 1 is 1.40 bits per heavy atom. The molecule has 4 nitrogen and oxygen atoms in total. The number of aromatic nitrogens is 2. The van der Waals surface area contributed by atoms with Crippen molar-refractivity contribution in [2.75, 3.05) is 12.8 Å². The van der Waals surface area contributed by atoms with Crippen molar-refractivity contribution in [1.82, 2.24) is 10.2 Å². The van der Waals surface area contributed by atoms with E-state index in [1.165, 1.54) is 0 Å². The molecular formula is C11H13N3O. The molecule has 1 aromatic carbocycles. The molecule has 0 aliphatic carbocycles. The van der Waals surface area contributed by atoms with Gasteiger partial charge in [0.1, 0.15) is 5.75 Å². The van der Waals surface area contributed by atoms with Crippen LogP contribution in [0.25, 0.3) is 11.3 Å². The summed E-state index contributed by atoms with van der Waals surface area (Å²) in [5, 5.41) is 7.00. The summed E-state index contributed by atoms with van der Waals surface area (Å²) in [7, 11) is 1.63. The number of benzene rings is 1. The van der Waals surface area contributed by atoms with Crippen molar-refractivity contribution in [3.8, 4) is 17.0 Å². The van der Waals surface area contributed by atoms with E-state index in [2.05, 4.69) is 10.2 Å². The van der Waals surface area contributed by atoms with Crippen molar-refractivity contribution in [2.45, 2.75) is 6.92 Å². The number of rotatable bonds is 2. The Labute approximate surface area is 88.1 Å². The molecular weight excluding hydrogens is 190 g/mol. The Hall–Kier alpha value is -1.97. The van der Waals surface area contributed by atoms with Crippen LogP contribution in [0.3, 0.4) is 0 Å². The fourth-order valence-electron chi connectivity index (χ4n) is 1.56. The van der Waals surface area contributed by atoms with Gasteiger partial charge in [-0.05, 0) is 25.1 Å². The van der Waals surface area contributed by atoms with Gasteiger partial charge in [0, 0.05) is 5.69 Å². The largest absolute Gasteiger partial charge is 0.496 e. The highest BCUT2D eigenvalue weighted by molar-refractivity contribution is 5.79. The van der Waals surface area contributed by atoms with Gasteiger partial charge in [-0.1, -0.05) is 6.07 Å². The minimum atomic E-state index is 0.679. The molecule has 1 heterocycles. The highest BCUT2D eigenvalue weighted by Crippen LogP contribution is 2.33. The Morgan fingerprint density at radius 2 is 2.20 bits per heavy atom. The van der Waals surface area contributed by atoms with Crippen LogP contribution in [0.5, 0.6) is 5.75 Å². The lowest BCUT2D eigenvalue weighted by Gasteiger charge is -2.08. The number of hydrogen-bond acceptors (Lipinski definition) is 3. The molecule has 1 aromatic heterocycles. The van der Waals surface area contributed by atoms with Gasteiger partial charge in [0.2, 0.25) is 0 Å². The first-order valence-electron chi connectivity index (χ1n) is 4.67. The molecule has 0 fully saturated rings. The van der Waals surface area contributed by atoms with Crippen LogP contribution < -0.4 is 10.5 Å². The highest BCUT2D eigenvalue weighted by atomic mass is 16.5. The van der Waals surface area contributed by atoms with E-state index in [9.17, 15) is 0 Å². The molecule has 4 heteroatoms. The maximum Gasteiger partial charge on any atom is 0.130 e. The molecule has 0 radical (unpaired) electrons. The first kappa shape index (κ1) is 9.58. The van der Waals surface area contributed by atoms with Crippen molar-refractivity contribution in [3.63, 3.8) is 0 Å². The zero-order chi connectivity index (χ0) is 10.8. The zero-order valence-electron chi connectivity index (χ0n) is 8.74. The summed E-state index contributed by atoms with van der Waals surface area (Å²) >= 11 is 0. The van der Waals surface area contributed by atoms with Crippen LogP contribution in [0.1, 0.15) is 5.69 Å². The van der Waals surface area contributed by atoms with Crippen molar-refractivity contribution < 1.29 is 4.74 Å². The summed E-state index contributed by atoms with van der Waals surface area (Å²) in [4.78, 5) is 0. The number of nitrogen functional groups attached to an aromatic ring is 1. The van der Waals surface area contributed by atoms with Crippen molar-refractivity contribution >= 4 is 5.69 Å². The van der Waals surface area contributed by atoms with Gasteiger partial charge >= 0.3 is 0 Å². The maximum absolute atomic E-state index is 5.91. The lowest BCUT2D eigenvalue weighted by atomic mass is 10.1. The van der Waals surface area contributed by atoms with Crippen LogP contribution in [0.2, 0.25) is 0 Å². The summed E-state index contributed by atoms with van der Waals surface area (Å²) in [6.45, 7) is 1.92. The summed E-state index contributed by atoms with van der Waals surface area (Å²) in [5.41, 5.74) is 9.25. The molecule has 0 saturated carbocycles. The van der Waals surface area contributed by atoms with Crippen LogP contribution in [-0.2, 0) is 0 Å². The van der Waals surface area contributed by atoms with Crippen LogP contribution in [-0.4, -0.2) is 17.3 Å². The van der Waals surface area contributed by atoms with E-state index < -0.39 is 0 Å². The third-order valence-corrected chi connectivity index (χ3v) is 2.25. The average Bonchev–Trinajstić information content (AvgIpc) is 2.64. The van der Waals surface area contributed by atoms with Gasteiger partial charge in [-0.3, -0.25) is 5.10 Å². The second-order valence-corrected chi connectivity index (χ2v) is 3.35. The number of anilines is 1. The number of H-pyrrole nitrogens is 1. The first-order valence-corrected chi connectivity index (χ1v) is 4.67. The summed E-state index contributed by atoms with van der Waals surface area (Å²) in [5.74, 6) is 0.749. The molecule has 3 N–H and O–H groups in total. The molecule has 0 atom stereocenters. The van der Waals surface area contributed by atoms with Gasteiger partial charge in [0.25, 0.3) is 0 Å². The summed E-state index contributed by atoms with van der Waals surface area (Å²) < 4.78 is 5.26. The van der Waals surface area contributed by atoms with E-state index >= 15 is 0 Å². The SMILES string of the molecule is COc1cccc(N)c1-c1cc(C)n[nH]1. The lowest BCUT2D eigenvalue weighted by Crippen LogP contribution is -1.94. The number of ether oxygens (including phenoxy) is 1. The van der Waals surface area contributed by atoms with Crippen LogP contribution in [0.15, 0.2) is 24.3 Å². The molecule has 0 saturated heterocycles. The van der Waals surface area contributed by atoms with Gasteiger partial charge < -0.3 is 10.5 Å². The summed E-state index contributed by atoms with van der Waals surface area (Å²) in [6, 6.07) is 7.52. The molecule has 0 aliphatic heterocycles. The summed E-state index contributed by atoms with van der Waals surface area (Å²) in [6.07, 6.45) is 0. The fraction of sp³-hybridized carbons (Fsp3) is 0.182. The van der Waals surface area contributed by atoms with Gasteiger partial charge in [-0.2, -0.15) is 5.10 Å². The molecule has 0 spiro atoms. The predicted octanol–water partition coefficient (Wildman–Crippen LogP) is 1.98. The van der Waals surface area contributed by atoms with E-state index in [1.54, 1.807) is 7.11 Å². The maximum atomic E-state index is 5.91. The Bertz CT molecular complexity index is 476. The molecule has 0 bridgehead atoms. The van der Waals surface area contributed by atoms with Crippen molar-refractivity contribution in [1.29, 1.82) is 0 Å². The number of hydrogen-bond donors (Lipinski definition) is 2. The van der Waals surface area contributed by atoms with Crippen molar-refractivity contribution in [2.24, 2.45) is 0 Å². The molecule has 15 heavy (non-hydrogen) atoms. The Morgan fingerprint density at radius 3 is 2.80 bits per heavy atom. The van der Waals surface area contributed by atoms with Crippen LogP contribution >= 0.6 is 0 Å². The predicted molar refractivity (Wildman–Crippen MR) is 59.7 cm³/mol. The number of methoxy groups -OCH3 is 1. The van der Waals surface area contributed by atoms with Gasteiger partial charge in [0.15, 0.2) is 0 Å². The zero-order valence-corrected chi connectivity index (χ0v) is 8.74. The lowest BCUT2D eigenvalue weighted by molar-refractivity contribution is 0.416. The molecule has 0 amide bonds. The number of nitrogens with one attached hydrogen (secondary N) is 1.